The second kappa shape index (κ2) is 13.2. The average Bonchev–Trinajstić information content (AvgIpc) is 3.77. The van der Waals surface area contributed by atoms with E-state index >= 15 is 4.39 Å². The van der Waals surface area contributed by atoms with Crippen LogP contribution in [0, 0.1) is 12.7 Å². The van der Waals surface area contributed by atoms with Crippen LogP contribution in [0.15, 0.2) is 54.7 Å². The number of piperazine rings is 1. The fourth-order valence-corrected chi connectivity index (χ4v) is 8.65. The highest BCUT2D eigenvalue weighted by molar-refractivity contribution is 5.93. The van der Waals surface area contributed by atoms with E-state index in [1.165, 1.54) is 0 Å². The van der Waals surface area contributed by atoms with Crippen molar-refractivity contribution in [1.82, 2.24) is 24.8 Å². The number of aryl methyl sites for hydroxylation is 1. The van der Waals surface area contributed by atoms with Crippen LogP contribution < -0.4 is 14.4 Å². The minimum Gasteiger partial charge on any atom is -0.488 e. The predicted molar refractivity (Wildman–Crippen MR) is 194 cm³/mol. The Bertz CT molecular complexity index is 1910. The smallest absolute Gasteiger partial charge is 0.410 e. The molecule has 6 heterocycles. The molecule has 2 aromatic heterocycles. The number of pyridine rings is 1. The zero-order valence-electron chi connectivity index (χ0n) is 30.0. The zero-order valence-corrected chi connectivity index (χ0v) is 30.0. The van der Waals surface area contributed by atoms with E-state index in [0.29, 0.717) is 48.8 Å². The molecule has 0 aliphatic carbocycles. The quantitative estimate of drug-likeness (QED) is 0.188. The van der Waals surface area contributed by atoms with Crippen molar-refractivity contribution in [1.29, 1.82) is 0 Å². The molecule has 11 heteroatoms. The SMILES string of the molecule is Cc1cccc(OCc2ccccc2)c1-c1ncc2c(N3CC4CCC(C3)N4C(=O)OC(C)(C)C)nc(OCC34CCCN3CCC4)nc2c1F. The van der Waals surface area contributed by atoms with Crippen molar-refractivity contribution < 1.29 is 23.4 Å². The molecule has 4 aliphatic heterocycles. The van der Waals surface area contributed by atoms with E-state index in [1.807, 2.05) is 81.1 Å². The molecule has 2 aromatic carbocycles. The molecule has 0 radical (unpaired) electrons. The molecule has 4 saturated heterocycles. The zero-order chi connectivity index (χ0) is 35.3. The van der Waals surface area contributed by atoms with Gasteiger partial charge in [-0.2, -0.15) is 9.97 Å². The first-order valence-corrected chi connectivity index (χ1v) is 18.4. The van der Waals surface area contributed by atoms with Gasteiger partial charge in [0.1, 0.15) is 41.6 Å². The maximum Gasteiger partial charge on any atom is 0.410 e. The first kappa shape index (κ1) is 33.6. The number of fused-ring (bicyclic) bond motifs is 4. The van der Waals surface area contributed by atoms with Crippen molar-refractivity contribution in [2.24, 2.45) is 0 Å². The van der Waals surface area contributed by atoms with Gasteiger partial charge in [0, 0.05) is 24.8 Å². The van der Waals surface area contributed by atoms with Crippen molar-refractivity contribution in [3.8, 4) is 23.0 Å². The number of hydrogen-bond acceptors (Lipinski definition) is 9. The van der Waals surface area contributed by atoms with Crippen LogP contribution in [0.4, 0.5) is 15.0 Å². The average molecular weight is 695 g/mol. The molecule has 0 spiro atoms. The summed E-state index contributed by atoms with van der Waals surface area (Å²) in [6.45, 7) is 11.6. The van der Waals surface area contributed by atoms with Gasteiger partial charge in [-0.3, -0.25) is 14.8 Å². The first-order valence-electron chi connectivity index (χ1n) is 18.4. The van der Waals surface area contributed by atoms with Crippen molar-refractivity contribution in [2.45, 2.75) is 96.1 Å². The summed E-state index contributed by atoms with van der Waals surface area (Å²) >= 11 is 0. The van der Waals surface area contributed by atoms with Gasteiger partial charge in [0.05, 0.1) is 23.0 Å². The van der Waals surface area contributed by atoms with E-state index in [9.17, 15) is 4.79 Å². The lowest BCUT2D eigenvalue weighted by molar-refractivity contribution is 0.0122. The molecule has 0 saturated carbocycles. The van der Waals surface area contributed by atoms with Crippen molar-refractivity contribution >= 4 is 22.8 Å². The number of hydrogen-bond donors (Lipinski definition) is 0. The summed E-state index contributed by atoms with van der Waals surface area (Å²) in [5.41, 5.74) is 2.17. The standard InChI is InChI=1S/C40H47FN6O4/c1-26-11-8-14-31(49-24-27-12-6-5-7-13-27)32(26)35-33(41)34-30(21-42-35)36(44-37(43-34)50-25-40-17-9-19-46(40)20-10-18-40)45-22-28-15-16-29(23-45)47(28)38(48)51-39(2,3)4/h5-8,11-14,21,28-29H,9-10,15-20,22-25H2,1-4H3. The number of carbonyl (C=O) groups excluding carboxylic acids is 1. The van der Waals surface area contributed by atoms with E-state index in [0.717, 1.165) is 62.7 Å². The number of anilines is 1. The molecule has 4 aromatic rings. The number of rotatable bonds is 8. The van der Waals surface area contributed by atoms with Crippen LogP contribution in [0.25, 0.3) is 22.2 Å². The van der Waals surface area contributed by atoms with Crippen LogP contribution in [0.1, 0.15) is 70.4 Å². The van der Waals surface area contributed by atoms with Crippen molar-refractivity contribution in [3.05, 3.63) is 71.7 Å². The summed E-state index contributed by atoms with van der Waals surface area (Å²) in [7, 11) is 0. The summed E-state index contributed by atoms with van der Waals surface area (Å²) in [6, 6.07) is 15.7. The Hall–Kier alpha value is -4.51. The summed E-state index contributed by atoms with van der Waals surface area (Å²) in [5, 5.41) is 0.510. The van der Waals surface area contributed by atoms with E-state index in [-0.39, 0.29) is 40.9 Å². The van der Waals surface area contributed by atoms with Gasteiger partial charge in [-0.15, -0.1) is 0 Å². The van der Waals surface area contributed by atoms with E-state index in [4.69, 9.17) is 29.2 Å². The molecular formula is C40H47FN6O4. The van der Waals surface area contributed by atoms with Crippen molar-refractivity contribution in [3.63, 3.8) is 0 Å². The molecule has 10 nitrogen and oxygen atoms in total. The minimum atomic E-state index is -0.582. The van der Waals surface area contributed by atoms with Crippen LogP contribution >= 0.6 is 0 Å². The Morgan fingerprint density at radius 1 is 0.961 bits per heavy atom. The Morgan fingerprint density at radius 3 is 2.39 bits per heavy atom. The van der Waals surface area contributed by atoms with Crippen LogP contribution in [0.2, 0.25) is 0 Å². The number of nitrogens with zero attached hydrogens (tertiary/aromatic N) is 6. The first-order chi connectivity index (χ1) is 24.6. The number of aromatic nitrogens is 3. The van der Waals surface area contributed by atoms with Gasteiger partial charge in [-0.1, -0.05) is 42.5 Å². The molecule has 8 rings (SSSR count). The van der Waals surface area contributed by atoms with Gasteiger partial charge in [-0.25, -0.2) is 9.18 Å². The third kappa shape index (κ3) is 6.45. The fraction of sp³-hybridized carbons (Fsp3) is 0.500. The summed E-state index contributed by atoms with van der Waals surface area (Å²) in [4.78, 5) is 34.3. The van der Waals surface area contributed by atoms with E-state index in [1.54, 1.807) is 6.20 Å². The third-order valence-corrected chi connectivity index (χ3v) is 11.0. The topological polar surface area (TPSA) is 93.2 Å². The Kier molecular flexibility index (Phi) is 8.72. The number of carbonyl (C=O) groups is 1. The highest BCUT2D eigenvalue weighted by Gasteiger charge is 2.46. The largest absolute Gasteiger partial charge is 0.488 e. The normalized spacial score (nSPS) is 21.3. The molecule has 2 bridgehead atoms. The van der Waals surface area contributed by atoms with Gasteiger partial charge in [-0.05, 0) is 96.5 Å². The Morgan fingerprint density at radius 2 is 1.69 bits per heavy atom. The van der Waals surface area contributed by atoms with Crippen LogP contribution in [0.5, 0.6) is 11.8 Å². The molecule has 2 unspecified atom stereocenters. The van der Waals surface area contributed by atoms with E-state index < -0.39 is 11.4 Å². The minimum absolute atomic E-state index is 0.0231. The van der Waals surface area contributed by atoms with Gasteiger partial charge in [0.15, 0.2) is 5.82 Å². The molecule has 1 amide bonds. The van der Waals surface area contributed by atoms with Crippen molar-refractivity contribution in [2.75, 3.05) is 37.7 Å². The van der Waals surface area contributed by atoms with Gasteiger partial charge < -0.3 is 19.1 Å². The van der Waals surface area contributed by atoms with E-state index in [2.05, 4.69) is 9.80 Å². The second-order valence-electron chi connectivity index (χ2n) is 15.6. The lowest BCUT2D eigenvalue weighted by Gasteiger charge is -2.42. The fourth-order valence-electron chi connectivity index (χ4n) is 8.65. The van der Waals surface area contributed by atoms with Crippen LogP contribution in [0.3, 0.4) is 0 Å². The molecular weight excluding hydrogens is 647 g/mol. The summed E-state index contributed by atoms with van der Waals surface area (Å²) < 4.78 is 35.6. The maximum atomic E-state index is 17.1. The molecule has 2 atom stereocenters. The molecule has 4 fully saturated rings. The lowest BCUT2D eigenvalue weighted by Crippen LogP contribution is -2.57. The predicted octanol–water partition coefficient (Wildman–Crippen LogP) is 7.31. The Labute approximate surface area is 298 Å². The number of benzene rings is 2. The highest BCUT2D eigenvalue weighted by atomic mass is 19.1. The second-order valence-corrected chi connectivity index (χ2v) is 15.6. The number of halogens is 1. The highest BCUT2D eigenvalue weighted by Crippen LogP contribution is 2.42. The maximum absolute atomic E-state index is 17.1. The van der Waals surface area contributed by atoms with Crippen LogP contribution in [-0.2, 0) is 11.3 Å². The Balaban J connectivity index is 1.17. The molecule has 268 valence electrons. The van der Waals surface area contributed by atoms with Gasteiger partial charge >= 0.3 is 12.1 Å². The molecule has 4 aliphatic rings. The molecule has 0 N–H and O–H groups in total. The molecule has 51 heavy (non-hydrogen) atoms. The van der Waals surface area contributed by atoms with Gasteiger partial charge in [0.2, 0.25) is 0 Å². The van der Waals surface area contributed by atoms with Gasteiger partial charge in [0.25, 0.3) is 0 Å². The monoisotopic (exact) mass is 694 g/mol. The summed E-state index contributed by atoms with van der Waals surface area (Å²) in [5.74, 6) is 0.579. The third-order valence-electron chi connectivity index (χ3n) is 11.0. The van der Waals surface area contributed by atoms with Crippen LogP contribution in [-0.4, -0.2) is 86.9 Å². The number of ether oxygens (including phenoxy) is 3. The number of amides is 1. The summed E-state index contributed by atoms with van der Waals surface area (Å²) in [6.07, 6.45) is 7.55. The lowest BCUT2D eigenvalue weighted by atomic mass is 9.95.